The molecule has 2 aromatic rings. The Kier molecular flexibility index (Phi) is 4.25. The average Bonchev–Trinajstić information content (AvgIpc) is 2.64. The molecule has 0 spiro atoms. The molecule has 0 aliphatic heterocycles. The van der Waals surface area contributed by atoms with Crippen LogP contribution in [0.15, 0.2) is 21.4 Å². The predicted octanol–water partition coefficient (Wildman–Crippen LogP) is 2.54. The molecule has 1 aromatic carbocycles. The summed E-state index contributed by atoms with van der Waals surface area (Å²) in [4.78, 5) is 27.4. The number of benzene rings is 1. The van der Waals surface area contributed by atoms with Crippen LogP contribution in [0.1, 0.15) is 38.4 Å². The number of nitrogens with one attached hydrogen (secondary N) is 2. The van der Waals surface area contributed by atoms with Crippen molar-refractivity contribution in [3.8, 4) is 0 Å². The van der Waals surface area contributed by atoms with Gasteiger partial charge in [0.2, 0.25) is 0 Å². The van der Waals surface area contributed by atoms with Crippen molar-refractivity contribution >= 4 is 32.9 Å². The van der Waals surface area contributed by atoms with Crippen LogP contribution in [0.4, 0.5) is 0 Å². The number of carbonyl (C=O) groups is 1. The number of halogens is 1. The summed E-state index contributed by atoms with van der Waals surface area (Å²) in [6.45, 7) is 3.60. The highest BCUT2D eigenvalue weighted by atomic mass is 79.9. The molecule has 0 fully saturated rings. The van der Waals surface area contributed by atoms with E-state index in [0.29, 0.717) is 27.5 Å². The number of imidazole rings is 1. The van der Waals surface area contributed by atoms with Crippen molar-refractivity contribution in [1.82, 2.24) is 9.97 Å². The van der Waals surface area contributed by atoms with E-state index >= 15 is 0 Å². The second-order valence-corrected chi connectivity index (χ2v) is 6.81. The molecule has 114 valence electrons. The Balaban J connectivity index is 2.30. The Labute approximate surface area is 129 Å². The van der Waals surface area contributed by atoms with E-state index in [2.05, 4.69) is 25.9 Å². The topological polar surface area (TPSA) is 106 Å². The summed E-state index contributed by atoms with van der Waals surface area (Å²) in [6, 6.07) is 3.41. The molecule has 1 heterocycles. The summed E-state index contributed by atoms with van der Waals surface area (Å²) in [6.07, 6.45) is -0.542. The first kappa shape index (κ1) is 15.8. The number of hydrogen-bond donors (Lipinski definition) is 4. The van der Waals surface area contributed by atoms with Crippen LogP contribution >= 0.6 is 15.9 Å². The minimum absolute atomic E-state index is 0.0229. The highest BCUT2D eigenvalue weighted by Crippen LogP contribution is 2.36. The lowest BCUT2D eigenvalue weighted by Gasteiger charge is -2.26. The van der Waals surface area contributed by atoms with Gasteiger partial charge in [0.15, 0.2) is 0 Å². The first-order valence-electron chi connectivity index (χ1n) is 6.49. The summed E-state index contributed by atoms with van der Waals surface area (Å²) in [5, 5.41) is 19.3. The standard InChI is InChI=1S/C14H17BrN2O4/c1-14(2,6-12(19)20)5-11(18)7-3-9-10(4-8(7)15)17-13(21)16-9/h3-4,11,18H,5-6H2,1-2H3,(H,19,20)(H2,16,17,21). The number of rotatable bonds is 5. The number of aliphatic carboxylic acids is 1. The molecular formula is C14H17BrN2O4. The van der Waals surface area contributed by atoms with Crippen molar-refractivity contribution in [3.63, 3.8) is 0 Å². The lowest BCUT2D eigenvalue weighted by Crippen LogP contribution is -2.20. The first-order chi connectivity index (χ1) is 9.68. The molecule has 6 nitrogen and oxygen atoms in total. The normalized spacial score (nSPS) is 13.5. The fraction of sp³-hybridized carbons (Fsp3) is 0.429. The smallest absolute Gasteiger partial charge is 0.323 e. The van der Waals surface area contributed by atoms with Crippen LogP contribution in [-0.2, 0) is 4.79 Å². The van der Waals surface area contributed by atoms with Gasteiger partial charge in [-0.3, -0.25) is 4.79 Å². The van der Waals surface area contributed by atoms with Crippen molar-refractivity contribution in [3.05, 3.63) is 32.7 Å². The van der Waals surface area contributed by atoms with E-state index < -0.39 is 17.5 Å². The highest BCUT2D eigenvalue weighted by Gasteiger charge is 2.27. The van der Waals surface area contributed by atoms with E-state index in [1.54, 1.807) is 26.0 Å². The second kappa shape index (κ2) is 5.65. The SMILES string of the molecule is CC(C)(CC(=O)O)CC(O)c1cc2[nH]c(=O)[nH]c2cc1Br. The first-order valence-corrected chi connectivity index (χ1v) is 7.28. The molecule has 0 bridgehead atoms. The Morgan fingerprint density at radius 3 is 2.48 bits per heavy atom. The van der Waals surface area contributed by atoms with E-state index in [1.807, 2.05) is 0 Å². The second-order valence-electron chi connectivity index (χ2n) is 5.95. The third-order valence-corrected chi connectivity index (χ3v) is 4.05. The molecule has 0 aliphatic carbocycles. The predicted molar refractivity (Wildman–Crippen MR) is 82.2 cm³/mol. The quantitative estimate of drug-likeness (QED) is 0.660. The van der Waals surface area contributed by atoms with Gasteiger partial charge in [-0.1, -0.05) is 29.8 Å². The van der Waals surface area contributed by atoms with E-state index in [4.69, 9.17) is 5.11 Å². The van der Waals surface area contributed by atoms with Gasteiger partial charge in [-0.2, -0.15) is 0 Å². The van der Waals surface area contributed by atoms with Gasteiger partial charge in [-0.05, 0) is 29.5 Å². The molecule has 7 heteroatoms. The number of aliphatic hydroxyl groups excluding tert-OH is 1. The van der Waals surface area contributed by atoms with Crippen LogP contribution in [0.25, 0.3) is 11.0 Å². The van der Waals surface area contributed by atoms with Crippen molar-refractivity contribution < 1.29 is 15.0 Å². The summed E-state index contributed by atoms with van der Waals surface area (Å²) >= 11 is 3.37. The molecule has 2 rings (SSSR count). The summed E-state index contributed by atoms with van der Waals surface area (Å²) in [7, 11) is 0. The number of aliphatic hydroxyl groups is 1. The van der Waals surface area contributed by atoms with Crippen LogP contribution < -0.4 is 5.69 Å². The third kappa shape index (κ3) is 3.74. The Bertz CT molecular complexity index is 732. The number of aromatic nitrogens is 2. The van der Waals surface area contributed by atoms with Gasteiger partial charge in [0.25, 0.3) is 0 Å². The minimum Gasteiger partial charge on any atom is -0.481 e. The van der Waals surface area contributed by atoms with Crippen molar-refractivity contribution in [2.24, 2.45) is 5.41 Å². The molecule has 1 aromatic heterocycles. The minimum atomic E-state index is -0.892. The molecule has 0 amide bonds. The van der Waals surface area contributed by atoms with Gasteiger partial charge >= 0.3 is 11.7 Å². The number of carboxylic acid groups (broad SMARTS) is 1. The molecule has 0 saturated heterocycles. The number of hydrogen-bond acceptors (Lipinski definition) is 3. The zero-order valence-corrected chi connectivity index (χ0v) is 13.3. The number of carboxylic acids is 1. The van der Waals surface area contributed by atoms with E-state index in [0.717, 1.165) is 0 Å². The zero-order valence-electron chi connectivity index (χ0n) is 11.7. The average molecular weight is 357 g/mol. The maximum absolute atomic E-state index is 11.3. The number of fused-ring (bicyclic) bond motifs is 1. The summed E-state index contributed by atoms with van der Waals surface area (Å²) < 4.78 is 0.670. The highest BCUT2D eigenvalue weighted by molar-refractivity contribution is 9.10. The van der Waals surface area contributed by atoms with Gasteiger partial charge in [0.1, 0.15) is 0 Å². The van der Waals surface area contributed by atoms with Gasteiger partial charge in [0.05, 0.1) is 23.6 Å². The van der Waals surface area contributed by atoms with Gasteiger partial charge in [-0.15, -0.1) is 0 Å². The van der Waals surface area contributed by atoms with Crippen LogP contribution in [0.3, 0.4) is 0 Å². The molecular weight excluding hydrogens is 340 g/mol. The van der Waals surface area contributed by atoms with Crippen molar-refractivity contribution in [2.75, 3.05) is 0 Å². The molecule has 1 unspecified atom stereocenters. The van der Waals surface area contributed by atoms with Gasteiger partial charge < -0.3 is 20.2 Å². The van der Waals surface area contributed by atoms with E-state index in [1.165, 1.54) is 0 Å². The Morgan fingerprint density at radius 1 is 1.33 bits per heavy atom. The molecule has 4 N–H and O–H groups in total. The monoisotopic (exact) mass is 356 g/mol. The van der Waals surface area contributed by atoms with Crippen LogP contribution in [0.5, 0.6) is 0 Å². The maximum atomic E-state index is 11.3. The molecule has 0 aliphatic rings. The molecule has 21 heavy (non-hydrogen) atoms. The third-order valence-electron chi connectivity index (χ3n) is 3.37. The van der Waals surface area contributed by atoms with Gasteiger partial charge in [-0.25, -0.2) is 4.79 Å². The van der Waals surface area contributed by atoms with Crippen molar-refractivity contribution in [2.45, 2.75) is 32.8 Å². The summed E-state index contributed by atoms with van der Waals surface area (Å²) in [5.41, 5.74) is 1.03. The lowest BCUT2D eigenvalue weighted by atomic mass is 9.82. The van der Waals surface area contributed by atoms with Crippen LogP contribution in [-0.4, -0.2) is 26.2 Å². The van der Waals surface area contributed by atoms with Crippen LogP contribution in [0, 0.1) is 5.41 Å². The largest absolute Gasteiger partial charge is 0.481 e. The lowest BCUT2D eigenvalue weighted by molar-refractivity contribution is -0.139. The number of H-pyrrole nitrogens is 2. The molecule has 0 radical (unpaired) electrons. The maximum Gasteiger partial charge on any atom is 0.323 e. The van der Waals surface area contributed by atoms with Crippen molar-refractivity contribution in [1.29, 1.82) is 0 Å². The molecule has 0 saturated carbocycles. The Hall–Kier alpha value is -1.60. The van der Waals surface area contributed by atoms with E-state index in [9.17, 15) is 14.7 Å². The van der Waals surface area contributed by atoms with E-state index in [-0.39, 0.29) is 12.1 Å². The summed E-state index contributed by atoms with van der Waals surface area (Å²) in [5.74, 6) is -0.892. The fourth-order valence-electron chi connectivity index (χ4n) is 2.44. The van der Waals surface area contributed by atoms with Gasteiger partial charge in [0, 0.05) is 4.47 Å². The fourth-order valence-corrected chi connectivity index (χ4v) is 3.05. The zero-order chi connectivity index (χ0) is 15.8. The Morgan fingerprint density at radius 2 is 1.90 bits per heavy atom. The molecule has 1 atom stereocenters. The number of aromatic amines is 2. The van der Waals surface area contributed by atoms with Crippen LogP contribution in [0.2, 0.25) is 0 Å².